The third-order valence-electron chi connectivity index (χ3n) is 5.14. The molecule has 3 aromatic rings. The number of halogens is 1. The summed E-state index contributed by atoms with van der Waals surface area (Å²) in [5.74, 6) is -0.644. The van der Waals surface area contributed by atoms with Crippen LogP contribution in [-0.4, -0.2) is 17.1 Å². The highest BCUT2D eigenvalue weighted by Gasteiger charge is 2.40. The molecule has 2 amide bonds. The van der Waals surface area contributed by atoms with E-state index in [0.717, 1.165) is 22.9 Å². The van der Waals surface area contributed by atoms with E-state index in [1.165, 1.54) is 23.3 Å². The molecule has 6 nitrogen and oxygen atoms in total. The maximum atomic E-state index is 13.4. The molecule has 2 aromatic carbocycles. The topological polar surface area (TPSA) is 86.3 Å². The van der Waals surface area contributed by atoms with E-state index in [1.807, 2.05) is 25.1 Å². The van der Waals surface area contributed by atoms with Crippen molar-refractivity contribution in [3.8, 4) is 6.07 Å². The van der Waals surface area contributed by atoms with Crippen LogP contribution >= 0.6 is 11.8 Å². The van der Waals surface area contributed by atoms with Gasteiger partial charge < -0.3 is 9.73 Å². The molecule has 0 saturated carbocycles. The van der Waals surface area contributed by atoms with Gasteiger partial charge in [0.05, 0.1) is 18.1 Å². The number of hydrogen-bond donors (Lipinski definition) is 1. The molecule has 1 N–H and O–H groups in total. The number of thioether (sulfide) groups is 1. The molecule has 2 heterocycles. The van der Waals surface area contributed by atoms with Gasteiger partial charge in [0, 0.05) is 5.69 Å². The summed E-state index contributed by atoms with van der Waals surface area (Å²) in [7, 11) is 0. The van der Waals surface area contributed by atoms with Crippen LogP contribution in [0, 0.1) is 24.1 Å². The first-order chi connectivity index (χ1) is 16.0. The Kier molecular flexibility index (Phi) is 6.61. The van der Waals surface area contributed by atoms with Crippen molar-refractivity contribution in [1.82, 2.24) is 5.32 Å². The monoisotopic (exact) mass is 461 g/mol. The largest absolute Gasteiger partial charge is 0.467 e. The van der Waals surface area contributed by atoms with Gasteiger partial charge in [0.2, 0.25) is 5.91 Å². The van der Waals surface area contributed by atoms with Crippen LogP contribution in [0.4, 0.5) is 10.1 Å². The smallest absolute Gasteiger partial charge is 0.265 e. The fraction of sp³-hybridized carbons (Fsp3) is 0.160. The molecule has 4 rings (SSSR count). The molecule has 0 unspecified atom stereocenters. The van der Waals surface area contributed by atoms with E-state index in [9.17, 15) is 19.2 Å². The number of aryl methyl sites for hydroxylation is 1. The van der Waals surface area contributed by atoms with E-state index in [0.29, 0.717) is 17.9 Å². The lowest BCUT2D eigenvalue weighted by molar-refractivity contribution is -0.117. The lowest BCUT2D eigenvalue weighted by Crippen LogP contribution is -2.32. The van der Waals surface area contributed by atoms with E-state index < -0.39 is 11.2 Å². The number of amides is 2. The summed E-state index contributed by atoms with van der Waals surface area (Å²) >= 11 is 1.16. The lowest BCUT2D eigenvalue weighted by atomic mass is 10.1. The third-order valence-corrected chi connectivity index (χ3v) is 6.40. The van der Waals surface area contributed by atoms with E-state index in [-0.39, 0.29) is 28.9 Å². The summed E-state index contributed by atoms with van der Waals surface area (Å²) in [4.78, 5) is 27.7. The molecule has 1 aromatic heterocycles. The molecule has 0 spiro atoms. The molecule has 1 saturated heterocycles. The van der Waals surface area contributed by atoms with Gasteiger partial charge in [0.1, 0.15) is 28.2 Å². The van der Waals surface area contributed by atoms with Gasteiger partial charge in [-0.05, 0) is 55.3 Å². The average Bonchev–Trinajstić information content (AvgIpc) is 3.44. The van der Waals surface area contributed by atoms with Crippen LogP contribution in [0.1, 0.15) is 16.9 Å². The SMILES string of the molecule is Cc1ccc(N2C(=O)[C@@H](Cc3ccc(F)cc3)S/C2=C(/C#N)C(=O)NCc2ccco2)cc1. The highest BCUT2D eigenvalue weighted by molar-refractivity contribution is 8.05. The minimum Gasteiger partial charge on any atom is -0.467 e. The second-order valence-electron chi connectivity index (χ2n) is 7.50. The van der Waals surface area contributed by atoms with Crippen LogP contribution in [0.15, 0.2) is 81.9 Å². The van der Waals surface area contributed by atoms with Gasteiger partial charge in [0.15, 0.2) is 0 Å². The zero-order chi connectivity index (χ0) is 23.4. The second-order valence-corrected chi connectivity index (χ2v) is 8.69. The first-order valence-electron chi connectivity index (χ1n) is 10.2. The number of furan rings is 1. The molecule has 1 fully saturated rings. The number of carbonyl (C=O) groups excluding carboxylic acids is 2. The number of rotatable bonds is 6. The predicted octanol–water partition coefficient (Wildman–Crippen LogP) is 4.47. The standard InChI is InChI=1S/C25H20FN3O3S/c1-16-4-10-19(11-5-16)29-24(31)22(13-17-6-8-18(26)9-7-17)33-25(29)21(14-27)23(30)28-15-20-3-2-12-32-20/h2-12,22H,13,15H2,1H3,(H,28,30)/b25-21-/t22-/m1/s1. The number of anilines is 1. The Morgan fingerprint density at radius 3 is 2.55 bits per heavy atom. The van der Waals surface area contributed by atoms with Crippen LogP contribution < -0.4 is 10.2 Å². The Bertz CT molecular complexity index is 1230. The number of carbonyl (C=O) groups is 2. The molecule has 0 bridgehead atoms. The minimum atomic E-state index is -0.594. The molecular weight excluding hydrogens is 441 g/mol. The first kappa shape index (κ1) is 22.4. The van der Waals surface area contributed by atoms with Gasteiger partial charge in [-0.3, -0.25) is 14.5 Å². The summed E-state index contributed by atoms with van der Waals surface area (Å²) in [6.07, 6.45) is 1.83. The van der Waals surface area contributed by atoms with Gasteiger partial charge in [-0.15, -0.1) is 0 Å². The van der Waals surface area contributed by atoms with Gasteiger partial charge in [-0.25, -0.2) is 4.39 Å². The quantitative estimate of drug-likeness (QED) is 0.432. The summed E-state index contributed by atoms with van der Waals surface area (Å²) in [6.45, 7) is 2.05. The van der Waals surface area contributed by atoms with Gasteiger partial charge >= 0.3 is 0 Å². The fourth-order valence-electron chi connectivity index (χ4n) is 3.42. The van der Waals surface area contributed by atoms with Crippen molar-refractivity contribution in [2.75, 3.05) is 4.90 Å². The van der Waals surface area contributed by atoms with Crippen LogP contribution in [0.5, 0.6) is 0 Å². The van der Waals surface area contributed by atoms with E-state index >= 15 is 0 Å². The van der Waals surface area contributed by atoms with Crippen molar-refractivity contribution in [1.29, 1.82) is 5.26 Å². The minimum absolute atomic E-state index is 0.118. The van der Waals surface area contributed by atoms with Crippen LogP contribution in [0.2, 0.25) is 0 Å². The third kappa shape index (κ3) is 4.99. The second kappa shape index (κ2) is 9.76. The van der Waals surface area contributed by atoms with Crippen LogP contribution in [0.3, 0.4) is 0 Å². The average molecular weight is 462 g/mol. The zero-order valence-electron chi connectivity index (χ0n) is 17.7. The highest BCUT2D eigenvalue weighted by Crippen LogP contribution is 2.42. The van der Waals surface area contributed by atoms with Crippen molar-refractivity contribution in [2.24, 2.45) is 0 Å². The molecule has 33 heavy (non-hydrogen) atoms. The number of nitrogens with zero attached hydrogens (tertiary/aromatic N) is 2. The first-order valence-corrected chi connectivity index (χ1v) is 11.1. The van der Waals surface area contributed by atoms with Gasteiger partial charge in [-0.2, -0.15) is 5.26 Å². The molecule has 8 heteroatoms. The van der Waals surface area contributed by atoms with Crippen molar-refractivity contribution in [2.45, 2.75) is 25.1 Å². The normalized spacial score (nSPS) is 17.1. The van der Waals surface area contributed by atoms with Crippen molar-refractivity contribution in [3.63, 3.8) is 0 Å². The predicted molar refractivity (Wildman–Crippen MR) is 123 cm³/mol. The molecule has 1 atom stereocenters. The Hall–Kier alpha value is -3.83. The van der Waals surface area contributed by atoms with Gasteiger partial charge in [-0.1, -0.05) is 41.6 Å². The maximum absolute atomic E-state index is 13.4. The van der Waals surface area contributed by atoms with Crippen molar-refractivity contribution < 1.29 is 18.4 Å². The van der Waals surface area contributed by atoms with E-state index in [4.69, 9.17) is 4.42 Å². The van der Waals surface area contributed by atoms with Crippen molar-refractivity contribution >= 4 is 29.3 Å². The fourth-order valence-corrected chi connectivity index (χ4v) is 4.73. The number of nitriles is 1. The molecule has 166 valence electrons. The number of benzene rings is 2. The maximum Gasteiger partial charge on any atom is 0.265 e. The molecular formula is C25H20FN3O3S. The zero-order valence-corrected chi connectivity index (χ0v) is 18.6. The van der Waals surface area contributed by atoms with E-state index in [1.54, 1.807) is 36.4 Å². The van der Waals surface area contributed by atoms with Gasteiger partial charge in [0.25, 0.3) is 5.91 Å². The Balaban J connectivity index is 1.67. The van der Waals surface area contributed by atoms with Crippen molar-refractivity contribution in [3.05, 3.63) is 100 Å². The van der Waals surface area contributed by atoms with Crippen LogP contribution in [0.25, 0.3) is 0 Å². The molecule has 0 radical (unpaired) electrons. The Morgan fingerprint density at radius 2 is 1.91 bits per heavy atom. The van der Waals surface area contributed by atoms with Crippen LogP contribution in [-0.2, 0) is 22.6 Å². The molecule has 1 aliphatic rings. The van der Waals surface area contributed by atoms with E-state index in [2.05, 4.69) is 5.32 Å². The highest BCUT2D eigenvalue weighted by atomic mass is 32.2. The number of nitrogens with one attached hydrogen (secondary N) is 1. The summed E-state index contributed by atoms with van der Waals surface area (Å²) in [6, 6.07) is 18.6. The number of hydrogen-bond acceptors (Lipinski definition) is 5. The molecule has 0 aliphatic carbocycles. The summed E-state index contributed by atoms with van der Waals surface area (Å²) in [5, 5.41) is 12.2. The molecule has 1 aliphatic heterocycles. The summed E-state index contributed by atoms with van der Waals surface area (Å²) < 4.78 is 18.5. The Labute approximate surface area is 194 Å². The summed E-state index contributed by atoms with van der Waals surface area (Å²) in [5.41, 5.74) is 2.22. The Morgan fingerprint density at radius 1 is 1.18 bits per heavy atom. The lowest BCUT2D eigenvalue weighted by Gasteiger charge is -2.19.